The molecule has 0 unspecified atom stereocenters. The van der Waals surface area contributed by atoms with Crippen molar-refractivity contribution >= 4 is 40.2 Å². The van der Waals surface area contributed by atoms with Crippen LogP contribution in [0.1, 0.15) is 0 Å². The van der Waals surface area contributed by atoms with Crippen molar-refractivity contribution in [1.29, 1.82) is 0 Å². The van der Waals surface area contributed by atoms with Gasteiger partial charge in [0.05, 0.1) is 5.69 Å². The maximum absolute atomic E-state index is 13.6. The number of para-hydroxylation sites is 2. The molecule has 0 saturated carbocycles. The molecule has 140 valence electrons. The lowest BCUT2D eigenvalue weighted by molar-refractivity contribution is 0.262. The van der Waals surface area contributed by atoms with E-state index in [0.29, 0.717) is 29.0 Å². The zero-order valence-corrected chi connectivity index (χ0v) is 14.4. The van der Waals surface area contributed by atoms with Crippen LogP contribution in [0.3, 0.4) is 0 Å². The van der Waals surface area contributed by atoms with Gasteiger partial charge in [0.25, 0.3) is 6.01 Å². The second kappa shape index (κ2) is 7.36. The van der Waals surface area contributed by atoms with E-state index in [2.05, 4.69) is 20.9 Å². The van der Waals surface area contributed by atoms with Gasteiger partial charge >= 0.3 is 6.03 Å². The first-order valence-electron chi connectivity index (χ1n) is 8.32. The van der Waals surface area contributed by atoms with Gasteiger partial charge in [0.15, 0.2) is 5.58 Å². The molecule has 0 atom stereocenters. The molecule has 0 saturated heterocycles. The number of oxazole rings is 1. The van der Waals surface area contributed by atoms with Crippen LogP contribution in [0.4, 0.5) is 36.7 Å². The Hall–Kier alpha value is -3.94. The quantitative estimate of drug-likeness (QED) is 0.437. The van der Waals surface area contributed by atoms with E-state index in [4.69, 9.17) is 4.42 Å². The fourth-order valence-electron chi connectivity index (χ4n) is 2.60. The summed E-state index contributed by atoms with van der Waals surface area (Å²) in [5.41, 5.74) is 2.35. The van der Waals surface area contributed by atoms with Crippen molar-refractivity contribution in [3.8, 4) is 0 Å². The molecule has 2 amide bonds. The predicted octanol–water partition coefficient (Wildman–Crippen LogP) is 5.49. The van der Waals surface area contributed by atoms with Gasteiger partial charge < -0.3 is 20.4 Å². The number of nitrogens with zero attached hydrogens (tertiary/aromatic N) is 1. The van der Waals surface area contributed by atoms with E-state index < -0.39 is 17.7 Å². The van der Waals surface area contributed by atoms with Crippen LogP contribution in [0.5, 0.6) is 0 Å². The Labute approximate surface area is 158 Å². The third-order valence-electron chi connectivity index (χ3n) is 3.84. The molecule has 0 aliphatic carbocycles. The first-order chi connectivity index (χ1) is 13.6. The molecule has 0 bridgehead atoms. The number of rotatable bonds is 4. The minimum Gasteiger partial charge on any atom is -0.423 e. The summed E-state index contributed by atoms with van der Waals surface area (Å²) >= 11 is 0. The predicted molar refractivity (Wildman–Crippen MR) is 103 cm³/mol. The number of carbonyl (C=O) groups is 1. The van der Waals surface area contributed by atoms with Crippen LogP contribution in [-0.4, -0.2) is 11.0 Å². The average Bonchev–Trinajstić information content (AvgIpc) is 3.06. The van der Waals surface area contributed by atoms with Crippen LogP contribution in [-0.2, 0) is 0 Å². The highest BCUT2D eigenvalue weighted by molar-refractivity contribution is 6.00. The summed E-state index contributed by atoms with van der Waals surface area (Å²) in [7, 11) is 0. The van der Waals surface area contributed by atoms with Gasteiger partial charge in [-0.15, -0.1) is 0 Å². The molecule has 4 rings (SSSR count). The number of hydrogen-bond acceptors (Lipinski definition) is 4. The molecule has 28 heavy (non-hydrogen) atoms. The first kappa shape index (κ1) is 17.5. The Morgan fingerprint density at radius 1 is 0.893 bits per heavy atom. The van der Waals surface area contributed by atoms with Crippen molar-refractivity contribution < 1.29 is 18.0 Å². The van der Waals surface area contributed by atoms with E-state index in [1.165, 1.54) is 0 Å². The van der Waals surface area contributed by atoms with Gasteiger partial charge in [-0.2, -0.15) is 4.98 Å². The van der Waals surface area contributed by atoms with Gasteiger partial charge in [-0.25, -0.2) is 13.6 Å². The normalized spacial score (nSPS) is 10.6. The highest BCUT2D eigenvalue weighted by atomic mass is 19.1. The summed E-state index contributed by atoms with van der Waals surface area (Å²) in [6.07, 6.45) is 0. The maximum atomic E-state index is 13.6. The summed E-state index contributed by atoms with van der Waals surface area (Å²) < 4.78 is 32.2. The van der Waals surface area contributed by atoms with Crippen molar-refractivity contribution in [2.75, 3.05) is 16.0 Å². The monoisotopic (exact) mass is 380 g/mol. The molecular formula is C20H14F2N4O2. The Balaban J connectivity index is 1.45. The Morgan fingerprint density at radius 2 is 1.71 bits per heavy atom. The first-order valence-corrected chi connectivity index (χ1v) is 8.32. The van der Waals surface area contributed by atoms with Crippen molar-refractivity contribution in [3.63, 3.8) is 0 Å². The van der Waals surface area contributed by atoms with Crippen LogP contribution in [0.15, 0.2) is 71.1 Å². The number of anilines is 4. The second-order valence-corrected chi connectivity index (χ2v) is 5.90. The van der Waals surface area contributed by atoms with Gasteiger partial charge in [-0.05, 0) is 42.5 Å². The molecule has 0 aliphatic heterocycles. The topological polar surface area (TPSA) is 79.2 Å². The molecular weight excluding hydrogens is 366 g/mol. The zero-order chi connectivity index (χ0) is 19.5. The van der Waals surface area contributed by atoms with E-state index in [-0.39, 0.29) is 5.69 Å². The summed E-state index contributed by atoms with van der Waals surface area (Å²) in [6.45, 7) is 0. The number of aromatic nitrogens is 1. The maximum Gasteiger partial charge on any atom is 0.323 e. The number of amides is 2. The van der Waals surface area contributed by atoms with E-state index in [1.54, 1.807) is 24.3 Å². The molecule has 8 heteroatoms. The minimum absolute atomic E-state index is 0.125. The number of hydrogen-bond donors (Lipinski definition) is 3. The zero-order valence-electron chi connectivity index (χ0n) is 14.4. The Bertz CT molecular complexity index is 1130. The van der Waals surface area contributed by atoms with Crippen molar-refractivity contribution in [1.82, 2.24) is 4.98 Å². The number of halogens is 2. The molecule has 0 radical (unpaired) electrons. The van der Waals surface area contributed by atoms with E-state index >= 15 is 0 Å². The van der Waals surface area contributed by atoms with Gasteiger partial charge in [0, 0.05) is 17.4 Å². The summed E-state index contributed by atoms with van der Waals surface area (Å²) in [5, 5.41) is 7.93. The summed E-state index contributed by atoms with van der Waals surface area (Å²) in [4.78, 5) is 16.4. The second-order valence-electron chi connectivity index (χ2n) is 5.90. The molecule has 6 nitrogen and oxygen atoms in total. The number of fused-ring (bicyclic) bond motifs is 1. The Morgan fingerprint density at radius 3 is 2.54 bits per heavy atom. The van der Waals surface area contributed by atoms with E-state index in [0.717, 1.165) is 17.6 Å². The number of carbonyl (C=O) groups excluding carboxylic acids is 1. The lowest BCUT2D eigenvalue weighted by Crippen LogP contribution is -2.20. The molecule has 0 aliphatic rings. The number of urea groups is 1. The van der Waals surface area contributed by atoms with Crippen molar-refractivity contribution in [3.05, 3.63) is 78.4 Å². The lowest BCUT2D eigenvalue weighted by atomic mass is 10.2. The van der Waals surface area contributed by atoms with Crippen LogP contribution < -0.4 is 16.0 Å². The fourth-order valence-corrected chi connectivity index (χ4v) is 2.60. The van der Waals surface area contributed by atoms with Gasteiger partial charge in [-0.3, -0.25) is 0 Å². The van der Waals surface area contributed by atoms with Crippen LogP contribution in [0.2, 0.25) is 0 Å². The van der Waals surface area contributed by atoms with Gasteiger partial charge in [0.2, 0.25) is 0 Å². The third kappa shape index (κ3) is 3.90. The highest BCUT2D eigenvalue weighted by Gasteiger charge is 2.09. The van der Waals surface area contributed by atoms with E-state index in [1.807, 2.05) is 24.3 Å². The molecule has 1 aromatic heterocycles. The summed E-state index contributed by atoms with van der Waals surface area (Å²) in [5.74, 6) is -1.58. The highest BCUT2D eigenvalue weighted by Crippen LogP contribution is 2.24. The molecule has 0 fully saturated rings. The van der Waals surface area contributed by atoms with Crippen LogP contribution in [0.25, 0.3) is 11.1 Å². The molecule has 3 N–H and O–H groups in total. The average molecular weight is 380 g/mol. The minimum atomic E-state index is -0.860. The van der Waals surface area contributed by atoms with Crippen molar-refractivity contribution in [2.24, 2.45) is 0 Å². The SMILES string of the molecule is O=C(Nc1cccc(Nc2nc3ccccc3o2)c1)Nc1ccc(F)cc1F. The molecule has 3 aromatic carbocycles. The van der Waals surface area contributed by atoms with Crippen LogP contribution >= 0.6 is 0 Å². The smallest absolute Gasteiger partial charge is 0.323 e. The van der Waals surface area contributed by atoms with Gasteiger partial charge in [-0.1, -0.05) is 18.2 Å². The van der Waals surface area contributed by atoms with Crippen LogP contribution in [0, 0.1) is 11.6 Å². The van der Waals surface area contributed by atoms with Gasteiger partial charge in [0.1, 0.15) is 17.2 Å². The standard InChI is InChI=1S/C20H14F2N4O2/c21-12-8-9-16(15(22)10-12)25-19(27)23-13-4-3-5-14(11-13)24-20-26-17-6-1-2-7-18(17)28-20/h1-11H,(H,24,26)(H2,23,25,27). The van der Waals surface area contributed by atoms with Crippen molar-refractivity contribution in [2.45, 2.75) is 0 Å². The molecule has 4 aromatic rings. The number of benzene rings is 3. The lowest BCUT2D eigenvalue weighted by Gasteiger charge is -2.10. The number of nitrogens with one attached hydrogen (secondary N) is 3. The Kier molecular flexibility index (Phi) is 4.59. The third-order valence-corrected chi connectivity index (χ3v) is 3.84. The van der Waals surface area contributed by atoms with E-state index in [9.17, 15) is 13.6 Å². The molecule has 0 spiro atoms. The fraction of sp³-hybridized carbons (Fsp3) is 0. The summed E-state index contributed by atoms with van der Waals surface area (Å²) in [6, 6.07) is 16.7. The largest absolute Gasteiger partial charge is 0.423 e. The molecule has 1 heterocycles.